The molecule has 1 heterocycles. The number of carbonyl (C=O) groups excluding carboxylic acids is 2. The van der Waals surface area contributed by atoms with E-state index < -0.39 is 5.25 Å². The fraction of sp³-hybridized carbons (Fsp3) is 0.200. The molecule has 3 rings (SSSR count). The summed E-state index contributed by atoms with van der Waals surface area (Å²) in [6, 6.07) is 14.2. The maximum atomic E-state index is 12.6. The van der Waals surface area contributed by atoms with Gasteiger partial charge in [-0.15, -0.1) is 5.10 Å². The third-order valence-electron chi connectivity index (χ3n) is 4.05. The van der Waals surface area contributed by atoms with E-state index in [9.17, 15) is 9.59 Å². The van der Waals surface area contributed by atoms with Crippen LogP contribution in [0.4, 0.5) is 5.69 Å². The molecule has 1 aliphatic rings. The SMILES string of the molecule is COc1cccc(NC(=O)C2CC(=O)NC(=NN=C(C)c3ccc(Cl)cc3)S2)c1. The second-order valence-corrected chi connectivity index (χ2v) is 7.81. The maximum absolute atomic E-state index is 12.6. The molecule has 2 aromatic rings. The van der Waals surface area contributed by atoms with Crippen molar-refractivity contribution in [3.8, 4) is 5.75 Å². The smallest absolute Gasteiger partial charge is 0.238 e. The standard InChI is InChI=1S/C20H19ClN4O3S/c1-12(13-6-8-14(21)9-7-13)24-25-20-23-18(26)11-17(29-20)19(27)22-15-4-3-5-16(10-15)28-2/h3-10,17H,11H2,1-2H3,(H,22,27)(H,23,25,26). The molecule has 2 N–H and O–H groups in total. The third-order valence-corrected chi connectivity index (χ3v) is 5.38. The zero-order chi connectivity index (χ0) is 20.8. The van der Waals surface area contributed by atoms with Crippen molar-refractivity contribution < 1.29 is 14.3 Å². The Morgan fingerprint density at radius 3 is 2.76 bits per heavy atom. The molecule has 0 aliphatic carbocycles. The number of anilines is 1. The fourth-order valence-electron chi connectivity index (χ4n) is 2.53. The van der Waals surface area contributed by atoms with Crippen LogP contribution in [0.15, 0.2) is 58.7 Å². The van der Waals surface area contributed by atoms with Gasteiger partial charge in [-0.2, -0.15) is 5.10 Å². The predicted octanol–water partition coefficient (Wildman–Crippen LogP) is 3.69. The number of methoxy groups -OCH3 is 1. The first-order valence-corrected chi connectivity index (χ1v) is 10.00. The van der Waals surface area contributed by atoms with Crippen molar-refractivity contribution in [2.75, 3.05) is 12.4 Å². The van der Waals surface area contributed by atoms with Gasteiger partial charge in [0.1, 0.15) is 11.0 Å². The topological polar surface area (TPSA) is 92.1 Å². The number of thioether (sulfide) groups is 1. The molecule has 7 nitrogen and oxygen atoms in total. The lowest BCUT2D eigenvalue weighted by Crippen LogP contribution is -2.41. The lowest BCUT2D eigenvalue weighted by atomic mass is 10.1. The highest BCUT2D eigenvalue weighted by Gasteiger charge is 2.30. The average molecular weight is 431 g/mol. The van der Waals surface area contributed by atoms with Gasteiger partial charge in [-0.3, -0.25) is 9.59 Å². The second-order valence-electron chi connectivity index (χ2n) is 6.18. The second kappa shape index (κ2) is 9.58. The van der Waals surface area contributed by atoms with Crippen LogP contribution in [0.3, 0.4) is 0 Å². The van der Waals surface area contributed by atoms with Gasteiger partial charge in [0.25, 0.3) is 0 Å². The number of benzene rings is 2. The minimum atomic E-state index is -0.611. The van der Waals surface area contributed by atoms with E-state index in [1.54, 1.807) is 50.4 Å². The Hall–Kier alpha value is -2.84. The summed E-state index contributed by atoms with van der Waals surface area (Å²) in [7, 11) is 1.55. The van der Waals surface area contributed by atoms with E-state index in [0.29, 0.717) is 22.2 Å². The highest BCUT2D eigenvalue weighted by Crippen LogP contribution is 2.24. The predicted molar refractivity (Wildman–Crippen MR) is 117 cm³/mol. The summed E-state index contributed by atoms with van der Waals surface area (Å²) in [4.78, 5) is 24.6. The first kappa shape index (κ1) is 20.9. The van der Waals surface area contributed by atoms with Crippen molar-refractivity contribution in [2.24, 2.45) is 10.2 Å². The van der Waals surface area contributed by atoms with E-state index >= 15 is 0 Å². The number of carbonyl (C=O) groups is 2. The monoisotopic (exact) mass is 430 g/mol. The van der Waals surface area contributed by atoms with Crippen molar-refractivity contribution in [2.45, 2.75) is 18.6 Å². The molecule has 1 fully saturated rings. The molecule has 1 unspecified atom stereocenters. The van der Waals surface area contributed by atoms with E-state index in [1.807, 2.05) is 12.1 Å². The van der Waals surface area contributed by atoms with Crippen molar-refractivity contribution in [3.05, 3.63) is 59.1 Å². The van der Waals surface area contributed by atoms with Crippen LogP contribution < -0.4 is 15.4 Å². The summed E-state index contributed by atoms with van der Waals surface area (Å²) in [5.41, 5.74) is 2.11. The lowest BCUT2D eigenvalue weighted by Gasteiger charge is -2.21. The van der Waals surface area contributed by atoms with Crippen molar-refractivity contribution >= 4 is 51.7 Å². The number of rotatable bonds is 5. The van der Waals surface area contributed by atoms with Crippen molar-refractivity contribution in [3.63, 3.8) is 0 Å². The molecule has 150 valence electrons. The minimum absolute atomic E-state index is 0.0549. The van der Waals surface area contributed by atoms with Gasteiger partial charge in [0, 0.05) is 23.2 Å². The molecule has 0 radical (unpaired) electrons. The number of amides is 2. The average Bonchev–Trinajstić information content (AvgIpc) is 2.72. The summed E-state index contributed by atoms with van der Waals surface area (Å²) >= 11 is 7.05. The Balaban J connectivity index is 1.69. The number of nitrogens with zero attached hydrogens (tertiary/aromatic N) is 2. The highest BCUT2D eigenvalue weighted by atomic mass is 35.5. The molecule has 1 aliphatic heterocycles. The number of amidine groups is 1. The van der Waals surface area contributed by atoms with Gasteiger partial charge in [0.2, 0.25) is 11.8 Å². The Morgan fingerprint density at radius 1 is 1.28 bits per heavy atom. The van der Waals surface area contributed by atoms with Crippen LogP contribution in [-0.2, 0) is 9.59 Å². The number of nitrogens with one attached hydrogen (secondary N) is 2. The molecular weight excluding hydrogens is 412 g/mol. The van der Waals surface area contributed by atoms with E-state index in [2.05, 4.69) is 20.8 Å². The van der Waals surface area contributed by atoms with Gasteiger partial charge >= 0.3 is 0 Å². The van der Waals surface area contributed by atoms with Crippen LogP contribution in [-0.4, -0.2) is 35.1 Å². The molecule has 1 saturated heterocycles. The Labute approximate surface area is 177 Å². The molecule has 0 bridgehead atoms. The van der Waals surface area contributed by atoms with Crippen LogP contribution in [0.25, 0.3) is 0 Å². The first-order chi connectivity index (χ1) is 13.9. The van der Waals surface area contributed by atoms with Crippen LogP contribution >= 0.6 is 23.4 Å². The molecule has 0 spiro atoms. The number of hydrogen-bond acceptors (Lipinski definition) is 6. The molecule has 2 aromatic carbocycles. The van der Waals surface area contributed by atoms with Gasteiger partial charge in [-0.05, 0) is 36.8 Å². The van der Waals surface area contributed by atoms with Gasteiger partial charge in [0.15, 0.2) is 5.17 Å². The summed E-state index contributed by atoms with van der Waals surface area (Å²) in [5.74, 6) is 0.0583. The molecule has 9 heteroatoms. The van der Waals surface area contributed by atoms with Crippen molar-refractivity contribution in [1.82, 2.24) is 5.32 Å². The highest BCUT2D eigenvalue weighted by molar-refractivity contribution is 8.15. The Morgan fingerprint density at radius 2 is 2.03 bits per heavy atom. The first-order valence-electron chi connectivity index (χ1n) is 8.74. The zero-order valence-electron chi connectivity index (χ0n) is 15.8. The maximum Gasteiger partial charge on any atom is 0.238 e. The quantitative estimate of drug-likeness (QED) is 0.559. The van der Waals surface area contributed by atoms with Crippen LogP contribution in [0, 0.1) is 0 Å². The summed E-state index contributed by atoms with van der Waals surface area (Å²) in [6.45, 7) is 1.80. The molecule has 29 heavy (non-hydrogen) atoms. The fourth-order valence-corrected chi connectivity index (χ4v) is 3.59. The number of halogens is 1. The van der Waals surface area contributed by atoms with E-state index in [4.69, 9.17) is 16.3 Å². The Bertz CT molecular complexity index is 976. The van der Waals surface area contributed by atoms with Gasteiger partial charge in [0.05, 0.1) is 12.8 Å². The summed E-state index contributed by atoms with van der Waals surface area (Å²) in [6.07, 6.45) is 0.0549. The summed E-state index contributed by atoms with van der Waals surface area (Å²) < 4.78 is 5.15. The van der Waals surface area contributed by atoms with Crippen molar-refractivity contribution in [1.29, 1.82) is 0 Å². The molecule has 0 saturated carbocycles. The van der Waals surface area contributed by atoms with E-state index in [1.165, 1.54) is 0 Å². The molecule has 2 amide bonds. The molecule has 0 aromatic heterocycles. The van der Waals surface area contributed by atoms with Gasteiger partial charge in [-0.25, -0.2) is 0 Å². The largest absolute Gasteiger partial charge is 0.497 e. The molecule has 1 atom stereocenters. The Kier molecular flexibility index (Phi) is 6.90. The number of hydrogen-bond donors (Lipinski definition) is 2. The minimum Gasteiger partial charge on any atom is -0.497 e. The van der Waals surface area contributed by atoms with Gasteiger partial charge < -0.3 is 15.4 Å². The van der Waals surface area contributed by atoms with E-state index in [0.717, 1.165) is 17.3 Å². The lowest BCUT2D eigenvalue weighted by molar-refractivity contribution is -0.123. The normalized spacial score (nSPS) is 18.3. The molecular formula is C20H19ClN4O3S. The third kappa shape index (κ3) is 5.82. The zero-order valence-corrected chi connectivity index (χ0v) is 17.4. The summed E-state index contributed by atoms with van der Waals surface area (Å²) in [5, 5.41) is 14.0. The van der Waals surface area contributed by atoms with Crippen LogP contribution in [0.1, 0.15) is 18.9 Å². The van der Waals surface area contributed by atoms with Gasteiger partial charge in [-0.1, -0.05) is 41.6 Å². The van der Waals surface area contributed by atoms with Crippen LogP contribution in [0.2, 0.25) is 5.02 Å². The van der Waals surface area contributed by atoms with E-state index in [-0.39, 0.29) is 23.4 Å². The van der Waals surface area contributed by atoms with Crippen LogP contribution in [0.5, 0.6) is 5.75 Å². The number of ether oxygens (including phenoxy) is 1.